The number of benzene rings is 3. The molecule has 4 heteroatoms. The molecule has 0 spiro atoms. The Morgan fingerprint density at radius 3 is 2.31 bits per heavy atom. The molecule has 1 heterocycles. The van der Waals surface area contributed by atoms with Crippen LogP contribution in [0.1, 0.15) is 21.5 Å². The lowest BCUT2D eigenvalue weighted by Crippen LogP contribution is -2.11. The number of nitrogens with one attached hydrogen (secondary N) is 2. The van der Waals surface area contributed by atoms with Gasteiger partial charge >= 0.3 is 0 Å². The highest BCUT2D eigenvalue weighted by Crippen LogP contribution is 2.22. The number of aromatic amines is 1. The highest BCUT2D eigenvalue weighted by molar-refractivity contribution is 6.04. The minimum atomic E-state index is -0.124. The zero-order valence-corrected chi connectivity index (χ0v) is 14.7. The van der Waals surface area contributed by atoms with Gasteiger partial charge in [0.05, 0.1) is 11.0 Å². The van der Waals surface area contributed by atoms with Crippen LogP contribution in [0, 0.1) is 13.8 Å². The molecule has 2 N–H and O–H groups in total. The van der Waals surface area contributed by atoms with Gasteiger partial charge < -0.3 is 10.3 Å². The third-order valence-corrected chi connectivity index (χ3v) is 4.37. The monoisotopic (exact) mass is 341 g/mol. The van der Waals surface area contributed by atoms with Gasteiger partial charge in [-0.2, -0.15) is 0 Å². The minimum absolute atomic E-state index is 0.124. The molecule has 0 aliphatic rings. The van der Waals surface area contributed by atoms with Crippen molar-refractivity contribution >= 4 is 22.6 Å². The molecule has 1 amide bonds. The van der Waals surface area contributed by atoms with E-state index in [0.717, 1.165) is 33.7 Å². The molecule has 0 bridgehead atoms. The lowest BCUT2D eigenvalue weighted by atomic mass is 10.1. The van der Waals surface area contributed by atoms with Gasteiger partial charge in [-0.25, -0.2) is 4.98 Å². The minimum Gasteiger partial charge on any atom is -0.338 e. The quantitative estimate of drug-likeness (QED) is 0.545. The summed E-state index contributed by atoms with van der Waals surface area (Å²) in [6.07, 6.45) is 0. The fraction of sp³-hybridized carbons (Fsp3) is 0.0909. The van der Waals surface area contributed by atoms with Crippen LogP contribution in [0.25, 0.3) is 22.4 Å². The first-order valence-electron chi connectivity index (χ1n) is 8.53. The van der Waals surface area contributed by atoms with Crippen LogP contribution in [0.4, 0.5) is 5.69 Å². The van der Waals surface area contributed by atoms with E-state index in [-0.39, 0.29) is 5.91 Å². The molecule has 3 aromatic carbocycles. The van der Waals surface area contributed by atoms with Crippen molar-refractivity contribution in [3.05, 3.63) is 83.4 Å². The van der Waals surface area contributed by atoms with E-state index in [2.05, 4.69) is 28.3 Å². The van der Waals surface area contributed by atoms with Crippen molar-refractivity contribution < 1.29 is 4.79 Å². The van der Waals surface area contributed by atoms with Gasteiger partial charge in [0.15, 0.2) is 0 Å². The Morgan fingerprint density at radius 1 is 0.885 bits per heavy atom. The molecule has 0 unspecified atom stereocenters. The Hall–Kier alpha value is -3.40. The highest BCUT2D eigenvalue weighted by Gasteiger charge is 2.09. The molecule has 0 atom stereocenters. The summed E-state index contributed by atoms with van der Waals surface area (Å²) in [6.45, 7) is 4.07. The maximum absolute atomic E-state index is 12.4. The summed E-state index contributed by atoms with van der Waals surface area (Å²) in [5.41, 5.74) is 6.65. The molecule has 4 rings (SSSR count). The summed E-state index contributed by atoms with van der Waals surface area (Å²) in [5, 5.41) is 2.91. The van der Waals surface area contributed by atoms with Crippen LogP contribution in [-0.4, -0.2) is 15.9 Å². The molecular weight excluding hydrogens is 322 g/mol. The molecule has 0 saturated heterocycles. The number of amides is 1. The molecular formula is C22H19N3O. The van der Waals surface area contributed by atoms with Crippen LogP contribution in [0.3, 0.4) is 0 Å². The first kappa shape index (κ1) is 16.1. The molecule has 0 saturated carbocycles. The van der Waals surface area contributed by atoms with Gasteiger partial charge in [-0.1, -0.05) is 35.9 Å². The second kappa shape index (κ2) is 6.48. The lowest BCUT2D eigenvalue weighted by molar-refractivity contribution is 0.102. The van der Waals surface area contributed by atoms with Crippen LogP contribution in [-0.2, 0) is 0 Å². The van der Waals surface area contributed by atoms with E-state index in [1.54, 1.807) is 0 Å². The second-order valence-corrected chi connectivity index (χ2v) is 6.50. The number of imidazole rings is 1. The Bertz CT molecular complexity index is 1080. The van der Waals surface area contributed by atoms with Gasteiger partial charge in [-0.15, -0.1) is 0 Å². The lowest BCUT2D eigenvalue weighted by Gasteiger charge is -2.06. The Kier molecular flexibility index (Phi) is 4.01. The van der Waals surface area contributed by atoms with E-state index in [4.69, 9.17) is 0 Å². The number of carbonyl (C=O) groups excluding carboxylic acids is 1. The van der Waals surface area contributed by atoms with E-state index in [1.807, 2.05) is 67.6 Å². The van der Waals surface area contributed by atoms with Gasteiger partial charge in [0.1, 0.15) is 5.82 Å². The Morgan fingerprint density at radius 2 is 1.58 bits per heavy atom. The van der Waals surface area contributed by atoms with E-state index in [1.165, 1.54) is 5.56 Å². The number of hydrogen-bond acceptors (Lipinski definition) is 2. The van der Waals surface area contributed by atoms with E-state index in [0.29, 0.717) is 5.56 Å². The molecule has 0 aliphatic heterocycles. The van der Waals surface area contributed by atoms with Crippen molar-refractivity contribution in [2.75, 3.05) is 5.32 Å². The average Bonchev–Trinajstić information content (AvgIpc) is 3.07. The van der Waals surface area contributed by atoms with Gasteiger partial charge in [0, 0.05) is 16.8 Å². The molecule has 26 heavy (non-hydrogen) atoms. The fourth-order valence-electron chi connectivity index (χ4n) is 2.88. The zero-order chi connectivity index (χ0) is 18.1. The smallest absolute Gasteiger partial charge is 0.255 e. The predicted molar refractivity (Wildman–Crippen MR) is 105 cm³/mol. The van der Waals surface area contributed by atoms with Crippen molar-refractivity contribution in [1.82, 2.24) is 9.97 Å². The molecule has 4 nitrogen and oxygen atoms in total. The SMILES string of the molecule is Cc1ccc(NC(=O)c2ccc(-c3nc4ccc(C)cc4[nH]3)cc2)cc1. The predicted octanol–water partition coefficient (Wildman–Crippen LogP) is 5.10. The molecule has 0 radical (unpaired) electrons. The molecule has 128 valence electrons. The molecule has 0 fully saturated rings. The summed E-state index contributed by atoms with van der Waals surface area (Å²) in [7, 11) is 0. The van der Waals surface area contributed by atoms with Crippen LogP contribution >= 0.6 is 0 Å². The molecule has 4 aromatic rings. The maximum Gasteiger partial charge on any atom is 0.255 e. The average molecular weight is 341 g/mol. The van der Waals surface area contributed by atoms with Crippen molar-refractivity contribution in [2.24, 2.45) is 0 Å². The van der Waals surface area contributed by atoms with E-state index >= 15 is 0 Å². The summed E-state index contributed by atoms with van der Waals surface area (Å²) in [5.74, 6) is 0.678. The largest absolute Gasteiger partial charge is 0.338 e. The first-order chi connectivity index (χ1) is 12.6. The number of nitrogens with zero attached hydrogens (tertiary/aromatic N) is 1. The van der Waals surface area contributed by atoms with E-state index < -0.39 is 0 Å². The van der Waals surface area contributed by atoms with Crippen molar-refractivity contribution in [3.8, 4) is 11.4 Å². The maximum atomic E-state index is 12.4. The van der Waals surface area contributed by atoms with Gasteiger partial charge in [0.25, 0.3) is 5.91 Å². The van der Waals surface area contributed by atoms with Crippen LogP contribution in [0.2, 0.25) is 0 Å². The Labute approximate surface area is 151 Å². The molecule has 1 aromatic heterocycles. The number of aryl methyl sites for hydroxylation is 2. The number of rotatable bonds is 3. The van der Waals surface area contributed by atoms with Crippen molar-refractivity contribution in [1.29, 1.82) is 0 Å². The summed E-state index contributed by atoms with van der Waals surface area (Å²) >= 11 is 0. The third-order valence-electron chi connectivity index (χ3n) is 4.37. The van der Waals surface area contributed by atoms with Crippen LogP contribution in [0.5, 0.6) is 0 Å². The van der Waals surface area contributed by atoms with Crippen LogP contribution < -0.4 is 5.32 Å². The normalized spacial score (nSPS) is 10.8. The Balaban J connectivity index is 1.55. The number of hydrogen-bond donors (Lipinski definition) is 2. The fourth-order valence-corrected chi connectivity index (χ4v) is 2.88. The van der Waals surface area contributed by atoms with Gasteiger partial charge in [-0.3, -0.25) is 4.79 Å². The first-order valence-corrected chi connectivity index (χ1v) is 8.53. The van der Waals surface area contributed by atoms with Gasteiger partial charge in [0.2, 0.25) is 0 Å². The standard InChI is InChI=1S/C22H19N3O/c1-14-3-10-18(11-4-14)23-22(26)17-8-6-16(7-9-17)21-24-19-12-5-15(2)13-20(19)25-21/h3-13H,1-2H3,(H,23,26)(H,24,25). The summed E-state index contributed by atoms with van der Waals surface area (Å²) in [6, 6.07) is 21.3. The highest BCUT2D eigenvalue weighted by atomic mass is 16.1. The summed E-state index contributed by atoms with van der Waals surface area (Å²) < 4.78 is 0. The van der Waals surface area contributed by atoms with Crippen molar-refractivity contribution in [3.63, 3.8) is 0 Å². The number of carbonyl (C=O) groups is 1. The summed E-state index contributed by atoms with van der Waals surface area (Å²) in [4.78, 5) is 20.3. The van der Waals surface area contributed by atoms with Gasteiger partial charge in [-0.05, 0) is 55.8 Å². The van der Waals surface area contributed by atoms with Crippen molar-refractivity contribution in [2.45, 2.75) is 13.8 Å². The number of anilines is 1. The number of aromatic nitrogens is 2. The molecule has 0 aliphatic carbocycles. The van der Waals surface area contributed by atoms with Crippen LogP contribution in [0.15, 0.2) is 66.7 Å². The number of H-pyrrole nitrogens is 1. The zero-order valence-electron chi connectivity index (χ0n) is 14.7. The van der Waals surface area contributed by atoms with E-state index in [9.17, 15) is 4.79 Å². The third kappa shape index (κ3) is 3.22. The second-order valence-electron chi connectivity index (χ2n) is 6.50. The number of fused-ring (bicyclic) bond motifs is 1. The topological polar surface area (TPSA) is 57.8 Å².